The summed E-state index contributed by atoms with van der Waals surface area (Å²) < 4.78 is 0. The van der Waals surface area contributed by atoms with Gasteiger partial charge in [0.1, 0.15) is 5.60 Å². The standard InChI is InChI=1S/C17H23N3OS.HI/c1-3-18-16(19-11-14-9-10-22-12-14)20-13-17(2,21)15-7-5-4-6-8-15;/h4-10,12,21H,3,11,13H2,1-2H3,(H2,18,19,20);1H. The molecule has 0 aliphatic carbocycles. The van der Waals surface area contributed by atoms with Crippen molar-refractivity contribution in [3.05, 3.63) is 58.3 Å². The lowest BCUT2D eigenvalue weighted by molar-refractivity contribution is 0.0617. The number of benzene rings is 1. The van der Waals surface area contributed by atoms with Crippen molar-refractivity contribution in [3.63, 3.8) is 0 Å². The van der Waals surface area contributed by atoms with E-state index in [-0.39, 0.29) is 24.0 Å². The van der Waals surface area contributed by atoms with Crippen LogP contribution < -0.4 is 10.6 Å². The normalized spacial score (nSPS) is 13.8. The molecule has 0 radical (unpaired) electrons. The van der Waals surface area contributed by atoms with Gasteiger partial charge in [0, 0.05) is 6.54 Å². The summed E-state index contributed by atoms with van der Waals surface area (Å²) in [7, 11) is 0. The van der Waals surface area contributed by atoms with E-state index in [1.54, 1.807) is 18.3 Å². The molecule has 1 aromatic carbocycles. The Hall–Kier alpha value is -1.12. The zero-order valence-electron chi connectivity index (χ0n) is 13.5. The zero-order chi connectivity index (χ0) is 15.8. The summed E-state index contributed by atoms with van der Waals surface area (Å²) in [6, 6.07) is 11.7. The number of hydrogen-bond acceptors (Lipinski definition) is 3. The van der Waals surface area contributed by atoms with Gasteiger partial charge < -0.3 is 15.7 Å². The van der Waals surface area contributed by atoms with E-state index in [1.807, 2.05) is 42.6 Å². The molecule has 0 saturated heterocycles. The summed E-state index contributed by atoms with van der Waals surface area (Å²) in [5.74, 6) is 0.713. The van der Waals surface area contributed by atoms with Gasteiger partial charge in [0.2, 0.25) is 0 Å². The van der Waals surface area contributed by atoms with Gasteiger partial charge >= 0.3 is 0 Å². The summed E-state index contributed by atoms with van der Waals surface area (Å²) >= 11 is 1.67. The van der Waals surface area contributed by atoms with Crippen molar-refractivity contribution >= 4 is 41.3 Å². The predicted octanol–water partition coefficient (Wildman–Crippen LogP) is 3.33. The SMILES string of the molecule is CCNC(=NCc1ccsc1)NCC(C)(O)c1ccccc1.I. The number of aliphatic hydroxyl groups is 1. The maximum atomic E-state index is 10.6. The molecule has 0 aliphatic rings. The van der Waals surface area contributed by atoms with Gasteiger partial charge in [0.05, 0.1) is 13.1 Å². The number of nitrogens with zero attached hydrogens (tertiary/aromatic N) is 1. The average molecular weight is 445 g/mol. The molecule has 3 N–H and O–H groups in total. The molecule has 0 bridgehead atoms. The third-order valence-corrected chi connectivity index (χ3v) is 4.07. The molecule has 0 fully saturated rings. The second-order valence-electron chi connectivity index (χ2n) is 5.32. The zero-order valence-corrected chi connectivity index (χ0v) is 16.6. The highest BCUT2D eigenvalue weighted by atomic mass is 127. The number of rotatable bonds is 6. The monoisotopic (exact) mass is 445 g/mol. The van der Waals surface area contributed by atoms with Gasteiger partial charge in [-0.1, -0.05) is 30.3 Å². The van der Waals surface area contributed by atoms with Crippen LogP contribution in [-0.2, 0) is 12.1 Å². The maximum Gasteiger partial charge on any atom is 0.191 e. The van der Waals surface area contributed by atoms with Crippen LogP contribution in [0.25, 0.3) is 0 Å². The van der Waals surface area contributed by atoms with Crippen LogP contribution in [0.3, 0.4) is 0 Å². The van der Waals surface area contributed by atoms with Crippen molar-refractivity contribution in [2.75, 3.05) is 13.1 Å². The third-order valence-electron chi connectivity index (χ3n) is 3.34. The summed E-state index contributed by atoms with van der Waals surface area (Å²) in [5, 5.41) is 21.2. The topological polar surface area (TPSA) is 56.7 Å². The van der Waals surface area contributed by atoms with Crippen molar-refractivity contribution in [1.29, 1.82) is 0 Å². The Kier molecular flexibility index (Phi) is 8.57. The first-order valence-corrected chi connectivity index (χ1v) is 8.37. The molecule has 1 atom stereocenters. The second-order valence-corrected chi connectivity index (χ2v) is 6.10. The first kappa shape index (κ1) is 19.9. The fraction of sp³-hybridized carbons (Fsp3) is 0.353. The quantitative estimate of drug-likeness (QED) is 0.363. The van der Waals surface area contributed by atoms with E-state index >= 15 is 0 Å². The lowest BCUT2D eigenvalue weighted by atomic mass is 9.96. The van der Waals surface area contributed by atoms with E-state index in [2.05, 4.69) is 27.1 Å². The van der Waals surface area contributed by atoms with Crippen LogP contribution in [-0.4, -0.2) is 24.2 Å². The van der Waals surface area contributed by atoms with Crippen LogP contribution >= 0.6 is 35.3 Å². The molecule has 126 valence electrons. The molecule has 2 aromatic rings. The summed E-state index contributed by atoms with van der Waals surface area (Å²) in [6.07, 6.45) is 0. The number of aliphatic imine (C=N–C) groups is 1. The summed E-state index contributed by atoms with van der Waals surface area (Å²) in [6.45, 7) is 5.64. The Morgan fingerprint density at radius 1 is 1.22 bits per heavy atom. The Bertz CT molecular complexity index is 585. The van der Waals surface area contributed by atoms with Crippen molar-refractivity contribution in [2.24, 2.45) is 4.99 Å². The first-order chi connectivity index (χ1) is 10.6. The highest BCUT2D eigenvalue weighted by Gasteiger charge is 2.22. The molecule has 0 amide bonds. The first-order valence-electron chi connectivity index (χ1n) is 7.43. The molecule has 4 nitrogen and oxygen atoms in total. The van der Waals surface area contributed by atoms with Crippen LogP contribution in [0.1, 0.15) is 25.0 Å². The fourth-order valence-electron chi connectivity index (χ4n) is 2.05. The van der Waals surface area contributed by atoms with E-state index in [4.69, 9.17) is 0 Å². The number of halogens is 1. The Morgan fingerprint density at radius 2 is 1.96 bits per heavy atom. The molecule has 0 saturated carbocycles. The Morgan fingerprint density at radius 3 is 2.57 bits per heavy atom. The number of guanidine groups is 1. The molecule has 1 aromatic heterocycles. The molecule has 1 heterocycles. The van der Waals surface area contributed by atoms with Crippen LogP contribution in [0, 0.1) is 0 Å². The van der Waals surface area contributed by atoms with E-state index < -0.39 is 5.60 Å². The molecule has 6 heteroatoms. The predicted molar refractivity (Wildman–Crippen MR) is 109 cm³/mol. The smallest absolute Gasteiger partial charge is 0.191 e. The van der Waals surface area contributed by atoms with E-state index in [1.165, 1.54) is 5.56 Å². The average Bonchev–Trinajstić information content (AvgIpc) is 3.04. The van der Waals surface area contributed by atoms with Gasteiger partial charge in [-0.3, -0.25) is 0 Å². The Balaban J connectivity index is 0.00000264. The number of hydrogen-bond donors (Lipinski definition) is 3. The van der Waals surface area contributed by atoms with E-state index in [0.29, 0.717) is 19.0 Å². The Labute approximate surface area is 159 Å². The van der Waals surface area contributed by atoms with Crippen molar-refractivity contribution in [2.45, 2.75) is 26.0 Å². The van der Waals surface area contributed by atoms with Gasteiger partial charge in [-0.2, -0.15) is 11.3 Å². The highest BCUT2D eigenvalue weighted by molar-refractivity contribution is 14.0. The van der Waals surface area contributed by atoms with Crippen molar-refractivity contribution in [1.82, 2.24) is 10.6 Å². The fourth-order valence-corrected chi connectivity index (χ4v) is 2.71. The number of nitrogens with one attached hydrogen (secondary N) is 2. The molecular weight excluding hydrogens is 421 g/mol. The highest BCUT2D eigenvalue weighted by Crippen LogP contribution is 2.18. The minimum Gasteiger partial charge on any atom is -0.384 e. The second kappa shape index (κ2) is 9.89. The van der Waals surface area contributed by atoms with Gasteiger partial charge in [0.15, 0.2) is 5.96 Å². The van der Waals surface area contributed by atoms with E-state index in [9.17, 15) is 5.11 Å². The van der Waals surface area contributed by atoms with Gasteiger partial charge in [-0.25, -0.2) is 4.99 Å². The van der Waals surface area contributed by atoms with Crippen LogP contribution in [0.2, 0.25) is 0 Å². The summed E-state index contributed by atoms with van der Waals surface area (Å²) in [5.41, 5.74) is 1.13. The molecular formula is C17H24IN3OS. The molecule has 1 unspecified atom stereocenters. The van der Waals surface area contributed by atoms with Gasteiger partial charge in [-0.15, -0.1) is 24.0 Å². The molecule has 0 spiro atoms. The van der Waals surface area contributed by atoms with Crippen LogP contribution in [0.15, 0.2) is 52.2 Å². The van der Waals surface area contributed by atoms with E-state index in [0.717, 1.165) is 12.1 Å². The molecule has 2 rings (SSSR count). The van der Waals surface area contributed by atoms with Crippen LogP contribution in [0.4, 0.5) is 0 Å². The van der Waals surface area contributed by atoms with Crippen molar-refractivity contribution in [3.8, 4) is 0 Å². The molecule has 23 heavy (non-hydrogen) atoms. The van der Waals surface area contributed by atoms with Gasteiger partial charge in [0.25, 0.3) is 0 Å². The van der Waals surface area contributed by atoms with Gasteiger partial charge in [-0.05, 0) is 41.8 Å². The lowest BCUT2D eigenvalue weighted by Gasteiger charge is -2.25. The third kappa shape index (κ3) is 6.48. The van der Waals surface area contributed by atoms with Crippen LogP contribution in [0.5, 0.6) is 0 Å². The number of thiophene rings is 1. The maximum absolute atomic E-state index is 10.6. The minimum atomic E-state index is -0.945. The molecule has 0 aliphatic heterocycles. The lowest BCUT2D eigenvalue weighted by Crippen LogP contribution is -2.44. The van der Waals surface area contributed by atoms with Crippen molar-refractivity contribution < 1.29 is 5.11 Å². The minimum absolute atomic E-state index is 0. The largest absolute Gasteiger partial charge is 0.384 e. The summed E-state index contributed by atoms with van der Waals surface area (Å²) in [4.78, 5) is 4.54.